The molecule has 33 heavy (non-hydrogen) atoms. The molecular weight excluding hydrogens is 406 g/mol. The summed E-state index contributed by atoms with van der Waals surface area (Å²) >= 11 is 0. The number of aliphatic imine (C=N–C) groups is 1. The first kappa shape index (κ1) is 22.6. The van der Waals surface area contributed by atoms with Crippen LogP contribution in [0.2, 0.25) is 0 Å². The van der Waals surface area contributed by atoms with Gasteiger partial charge in [0.25, 0.3) is 0 Å². The predicted molar refractivity (Wildman–Crippen MR) is 141 cm³/mol. The van der Waals surface area contributed by atoms with Gasteiger partial charge in [0.15, 0.2) is 5.90 Å². The molecule has 0 aliphatic heterocycles. The first-order valence-corrected chi connectivity index (χ1v) is 11.6. The van der Waals surface area contributed by atoms with E-state index in [4.69, 9.17) is 14.5 Å². The predicted octanol–water partition coefficient (Wildman–Crippen LogP) is 8.40. The van der Waals surface area contributed by atoms with E-state index < -0.39 is 0 Å². The molecule has 0 aliphatic carbocycles. The summed E-state index contributed by atoms with van der Waals surface area (Å²) in [4.78, 5) is 5.09. The minimum atomic E-state index is 0.528. The average Bonchev–Trinajstić information content (AvgIpc) is 2.85. The van der Waals surface area contributed by atoms with Crippen molar-refractivity contribution in [3.63, 3.8) is 0 Å². The monoisotopic (exact) mass is 437 g/mol. The topological polar surface area (TPSA) is 30.8 Å². The number of ether oxygens (including phenoxy) is 2. The van der Waals surface area contributed by atoms with Gasteiger partial charge in [-0.3, -0.25) is 0 Å². The lowest BCUT2D eigenvalue weighted by atomic mass is 9.90. The number of fused-ring (bicyclic) bond motifs is 2. The summed E-state index contributed by atoms with van der Waals surface area (Å²) in [5.74, 6) is 1.57. The Hall–Kier alpha value is -3.59. The van der Waals surface area contributed by atoms with Gasteiger partial charge in [-0.2, -0.15) is 0 Å². The van der Waals surface area contributed by atoms with E-state index in [9.17, 15) is 0 Å². The van der Waals surface area contributed by atoms with Crippen molar-refractivity contribution in [1.29, 1.82) is 0 Å². The lowest BCUT2D eigenvalue weighted by molar-refractivity contribution is 0.341. The number of hydrogen-bond acceptors (Lipinski definition) is 3. The molecule has 0 unspecified atom stereocenters. The van der Waals surface area contributed by atoms with Crippen molar-refractivity contribution < 1.29 is 9.47 Å². The van der Waals surface area contributed by atoms with Crippen LogP contribution >= 0.6 is 0 Å². The number of benzene rings is 4. The average molecular weight is 438 g/mol. The summed E-state index contributed by atoms with van der Waals surface area (Å²) < 4.78 is 11.9. The van der Waals surface area contributed by atoms with E-state index >= 15 is 0 Å². The van der Waals surface area contributed by atoms with Crippen LogP contribution < -0.4 is 4.74 Å². The largest absolute Gasteiger partial charge is 0.496 e. The third kappa shape index (κ3) is 4.63. The fourth-order valence-electron chi connectivity index (χ4n) is 4.27. The maximum absolute atomic E-state index is 6.03. The van der Waals surface area contributed by atoms with Crippen molar-refractivity contribution >= 4 is 33.1 Å². The van der Waals surface area contributed by atoms with Gasteiger partial charge in [-0.15, -0.1) is 0 Å². The molecule has 0 fully saturated rings. The number of allylic oxidation sites excluding steroid dienone is 1. The Morgan fingerprint density at radius 3 is 2.24 bits per heavy atom. The third-order valence-electron chi connectivity index (χ3n) is 5.86. The zero-order valence-corrected chi connectivity index (χ0v) is 19.9. The van der Waals surface area contributed by atoms with Crippen LogP contribution in [0.5, 0.6) is 5.75 Å². The van der Waals surface area contributed by atoms with E-state index in [0.717, 1.165) is 57.6 Å². The van der Waals surface area contributed by atoms with Crippen molar-refractivity contribution in [1.82, 2.24) is 0 Å². The first-order valence-electron chi connectivity index (χ1n) is 11.6. The smallest absolute Gasteiger partial charge is 0.188 e. The van der Waals surface area contributed by atoms with Gasteiger partial charge < -0.3 is 9.47 Å². The fraction of sp³-hybridized carbons (Fsp3) is 0.233. The van der Waals surface area contributed by atoms with E-state index in [1.165, 1.54) is 10.8 Å². The van der Waals surface area contributed by atoms with Crippen LogP contribution in [0.25, 0.3) is 32.7 Å². The number of nitrogens with zero attached hydrogens (tertiary/aromatic N) is 1. The molecule has 0 spiro atoms. The van der Waals surface area contributed by atoms with Crippen molar-refractivity contribution in [3.8, 4) is 16.9 Å². The van der Waals surface area contributed by atoms with E-state index in [1.54, 1.807) is 7.11 Å². The van der Waals surface area contributed by atoms with Gasteiger partial charge >= 0.3 is 0 Å². The molecule has 0 radical (unpaired) electrons. The molecule has 4 aromatic rings. The minimum absolute atomic E-state index is 0.528. The summed E-state index contributed by atoms with van der Waals surface area (Å²) in [6.45, 7) is 6.85. The highest BCUT2D eigenvalue weighted by atomic mass is 16.5. The summed E-state index contributed by atoms with van der Waals surface area (Å²) in [6.07, 6.45) is 5.88. The molecule has 0 saturated heterocycles. The van der Waals surface area contributed by atoms with Crippen LogP contribution in [0.4, 0.5) is 5.69 Å². The number of hydrogen-bond donors (Lipinski definition) is 0. The quantitative estimate of drug-likeness (QED) is 0.165. The molecule has 0 atom stereocenters. The van der Waals surface area contributed by atoms with Gasteiger partial charge in [0.05, 0.1) is 12.8 Å². The SMILES string of the molecule is CC/C=C/COC(CC)=Nc1c(C)cc2ccccc2c1-c1c(OC)ccc2ccccc12. The Morgan fingerprint density at radius 1 is 0.848 bits per heavy atom. The van der Waals surface area contributed by atoms with Gasteiger partial charge in [0, 0.05) is 17.5 Å². The Balaban J connectivity index is 2.04. The third-order valence-corrected chi connectivity index (χ3v) is 5.86. The van der Waals surface area contributed by atoms with E-state index in [2.05, 4.69) is 93.6 Å². The number of rotatable bonds is 7. The van der Waals surface area contributed by atoms with E-state index in [1.807, 2.05) is 6.08 Å². The fourth-order valence-corrected chi connectivity index (χ4v) is 4.27. The van der Waals surface area contributed by atoms with Crippen molar-refractivity contribution in [2.75, 3.05) is 13.7 Å². The maximum Gasteiger partial charge on any atom is 0.188 e. The van der Waals surface area contributed by atoms with E-state index in [-0.39, 0.29) is 0 Å². The number of aryl methyl sites for hydroxylation is 1. The van der Waals surface area contributed by atoms with Gasteiger partial charge in [-0.05, 0) is 52.6 Å². The molecule has 3 nitrogen and oxygen atoms in total. The Bertz CT molecular complexity index is 1330. The summed E-state index contributed by atoms with van der Waals surface area (Å²) in [5, 5.41) is 4.65. The normalized spacial score (nSPS) is 12.1. The molecule has 0 saturated carbocycles. The van der Waals surface area contributed by atoms with E-state index in [0.29, 0.717) is 6.61 Å². The van der Waals surface area contributed by atoms with Gasteiger partial charge in [-0.25, -0.2) is 4.99 Å². The molecule has 4 rings (SSSR count). The standard InChI is InChI=1S/C30H31NO2/c1-5-7-12-19-33-27(6-2)31-30-21(3)20-23-14-9-11-16-25(23)29(30)28-24-15-10-8-13-22(24)17-18-26(28)32-4/h7-18,20H,5-6,19H2,1-4H3/b12-7+,31-27?. The Labute approximate surface area is 196 Å². The van der Waals surface area contributed by atoms with Gasteiger partial charge in [-0.1, -0.05) is 80.6 Å². The zero-order valence-electron chi connectivity index (χ0n) is 19.9. The van der Waals surface area contributed by atoms with Crippen LogP contribution in [-0.4, -0.2) is 19.6 Å². The van der Waals surface area contributed by atoms with Gasteiger partial charge in [0.1, 0.15) is 12.4 Å². The minimum Gasteiger partial charge on any atom is -0.496 e. The van der Waals surface area contributed by atoms with Crippen molar-refractivity contribution in [2.24, 2.45) is 4.99 Å². The molecular formula is C30H31NO2. The molecule has 168 valence electrons. The second kappa shape index (κ2) is 10.4. The molecule has 0 bridgehead atoms. The first-order chi connectivity index (χ1) is 16.2. The molecule has 4 aromatic carbocycles. The second-order valence-corrected chi connectivity index (χ2v) is 8.05. The summed E-state index contributed by atoms with van der Waals surface area (Å²) in [5.41, 5.74) is 4.19. The second-order valence-electron chi connectivity index (χ2n) is 8.05. The summed E-state index contributed by atoms with van der Waals surface area (Å²) in [6, 6.07) is 23.3. The highest BCUT2D eigenvalue weighted by Crippen LogP contribution is 2.46. The van der Waals surface area contributed by atoms with Crippen molar-refractivity contribution in [3.05, 3.63) is 84.4 Å². The molecule has 0 N–H and O–H groups in total. The van der Waals surface area contributed by atoms with Gasteiger partial charge in [0.2, 0.25) is 0 Å². The van der Waals surface area contributed by atoms with Crippen LogP contribution in [0.3, 0.4) is 0 Å². The highest BCUT2D eigenvalue weighted by molar-refractivity contribution is 6.12. The lowest BCUT2D eigenvalue weighted by Gasteiger charge is -2.19. The van der Waals surface area contributed by atoms with Crippen LogP contribution in [0.1, 0.15) is 32.3 Å². The van der Waals surface area contributed by atoms with Crippen molar-refractivity contribution in [2.45, 2.75) is 33.6 Å². The van der Waals surface area contributed by atoms with Crippen LogP contribution in [0, 0.1) is 6.92 Å². The molecule has 0 amide bonds. The molecule has 0 aliphatic rings. The zero-order chi connectivity index (χ0) is 23.2. The molecule has 0 heterocycles. The maximum atomic E-state index is 6.03. The van der Waals surface area contributed by atoms with Crippen LogP contribution in [0.15, 0.2) is 83.9 Å². The lowest BCUT2D eigenvalue weighted by Crippen LogP contribution is -2.03. The molecule has 0 aromatic heterocycles. The Kier molecular flexibility index (Phi) is 7.09. The Morgan fingerprint density at radius 2 is 1.55 bits per heavy atom. The van der Waals surface area contributed by atoms with Crippen LogP contribution in [-0.2, 0) is 4.74 Å². The summed E-state index contributed by atoms with van der Waals surface area (Å²) in [7, 11) is 1.73. The number of methoxy groups -OCH3 is 1. The molecule has 3 heteroatoms. The highest BCUT2D eigenvalue weighted by Gasteiger charge is 2.19.